The molecule has 176 valence electrons. The first-order valence-corrected chi connectivity index (χ1v) is 12.2. The summed E-state index contributed by atoms with van der Waals surface area (Å²) in [4.78, 5) is 15.9. The van der Waals surface area contributed by atoms with Crippen molar-refractivity contribution in [2.75, 3.05) is 51.2 Å². The molecular formula is C23H27FN4O4S. The third-order valence-electron chi connectivity index (χ3n) is 6.18. The number of benzene rings is 2. The number of amides is 1. The fraction of sp³-hybridized carbons (Fsp3) is 0.348. The number of sulfonamides is 1. The maximum absolute atomic E-state index is 14.8. The fourth-order valence-electron chi connectivity index (χ4n) is 4.11. The van der Waals surface area contributed by atoms with Gasteiger partial charge in [0.05, 0.1) is 10.6 Å². The highest BCUT2D eigenvalue weighted by Crippen LogP contribution is 2.29. The van der Waals surface area contributed by atoms with Crippen LogP contribution in [0.4, 0.5) is 10.1 Å². The lowest BCUT2D eigenvalue weighted by molar-refractivity contribution is -0.125. The maximum atomic E-state index is 14.8. The van der Waals surface area contributed by atoms with Gasteiger partial charge in [0, 0.05) is 44.8 Å². The average molecular weight is 475 g/mol. The van der Waals surface area contributed by atoms with Crippen molar-refractivity contribution in [1.82, 2.24) is 14.7 Å². The lowest BCUT2D eigenvalue weighted by Crippen LogP contribution is -2.44. The number of carbonyl (C=O) groups is 1. The summed E-state index contributed by atoms with van der Waals surface area (Å²) in [6.07, 6.45) is 1.70. The van der Waals surface area contributed by atoms with Crippen LogP contribution in [-0.4, -0.2) is 75.1 Å². The van der Waals surface area contributed by atoms with Crippen molar-refractivity contribution in [3.05, 3.63) is 59.9 Å². The van der Waals surface area contributed by atoms with E-state index in [1.54, 1.807) is 23.7 Å². The Kier molecular flexibility index (Phi) is 6.80. The molecular weight excluding hydrogens is 447 g/mol. The standard InChI is InChI=1S/C23H27FN4O4S/c1-26-12-14-27(15-13-26)22-7-4-19(16-21(22)24)17-2-5-20(6-3-17)33(31,32)28-10-8-18(9-11-28)23(29)25-30/h2-8,16,30H,9-15H2,1H3,(H,25,29). The number of hydroxylamine groups is 1. The molecule has 1 saturated heterocycles. The Balaban J connectivity index is 1.48. The van der Waals surface area contributed by atoms with Gasteiger partial charge in [0.2, 0.25) is 10.0 Å². The van der Waals surface area contributed by atoms with Crippen molar-refractivity contribution in [3.63, 3.8) is 0 Å². The Bertz CT molecular complexity index is 1160. The molecule has 2 aliphatic heterocycles. The van der Waals surface area contributed by atoms with Crippen molar-refractivity contribution in [2.24, 2.45) is 0 Å². The molecule has 4 rings (SSSR count). The summed E-state index contributed by atoms with van der Waals surface area (Å²) < 4.78 is 42.0. The Morgan fingerprint density at radius 3 is 2.24 bits per heavy atom. The van der Waals surface area contributed by atoms with Crippen LogP contribution >= 0.6 is 0 Å². The molecule has 0 radical (unpaired) electrons. The van der Waals surface area contributed by atoms with E-state index in [4.69, 9.17) is 5.21 Å². The van der Waals surface area contributed by atoms with Crippen LogP contribution in [0.15, 0.2) is 59.0 Å². The zero-order chi connectivity index (χ0) is 23.6. The Morgan fingerprint density at radius 2 is 1.67 bits per heavy atom. The van der Waals surface area contributed by atoms with E-state index >= 15 is 0 Å². The normalized spacial score (nSPS) is 18.2. The third-order valence-corrected chi connectivity index (χ3v) is 8.06. The fourth-order valence-corrected chi connectivity index (χ4v) is 5.49. The minimum atomic E-state index is -3.74. The number of piperazine rings is 1. The lowest BCUT2D eigenvalue weighted by Gasteiger charge is -2.34. The van der Waals surface area contributed by atoms with Crippen LogP contribution in [-0.2, 0) is 14.8 Å². The van der Waals surface area contributed by atoms with Gasteiger partial charge in [-0.05, 0) is 48.9 Å². The number of nitrogens with zero attached hydrogens (tertiary/aromatic N) is 3. The summed E-state index contributed by atoms with van der Waals surface area (Å²) in [5.74, 6) is -0.918. The number of anilines is 1. The molecule has 2 N–H and O–H groups in total. The lowest BCUT2D eigenvalue weighted by atomic mass is 10.0. The van der Waals surface area contributed by atoms with E-state index < -0.39 is 15.9 Å². The Hall–Kier alpha value is -2.79. The van der Waals surface area contributed by atoms with E-state index in [1.165, 1.54) is 28.6 Å². The summed E-state index contributed by atoms with van der Waals surface area (Å²) in [6, 6.07) is 11.5. The van der Waals surface area contributed by atoms with Gasteiger partial charge in [0.15, 0.2) is 0 Å². The molecule has 0 aliphatic carbocycles. The number of carbonyl (C=O) groups excluding carboxylic acids is 1. The Morgan fingerprint density at radius 1 is 1.00 bits per heavy atom. The van der Waals surface area contributed by atoms with Gasteiger partial charge < -0.3 is 9.80 Å². The van der Waals surface area contributed by atoms with Gasteiger partial charge in [0.25, 0.3) is 5.91 Å². The largest absolute Gasteiger partial charge is 0.367 e. The zero-order valence-corrected chi connectivity index (χ0v) is 19.2. The summed E-state index contributed by atoms with van der Waals surface area (Å²) in [6.45, 7) is 3.52. The second-order valence-corrected chi connectivity index (χ2v) is 10.2. The molecule has 2 aromatic rings. The molecule has 8 nitrogen and oxygen atoms in total. The van der Waals surface area contributed by atoms with Gasteiger partial charge in [-0.1, -0.05) is 24.3 Å². The monoisotopic (exact) mass is 474 g/mol. The first kappa shape index (κ1) is 23.4. The molecule has 1 fully saturated rings. The minimum Gasteiger partial charge on any atom is -0.367 e. The van der Waals surface area contributed by atoms with E-state index in [1.807, 2.05) is 11.0 Å². The first-order valence-electron chi connectivity index (χ1n) is 10.8. The van der Waals surface area contributed by atoms with Crippen LogP contribution in [0.5, 0.6) is 0 Å². The quantitative estimate of drug-likeness (QED) is 0.509. The molecule has 0 unspecified atom stereocenters. The van der Waals surface area contributed by atoms with Gasteiger partial charge in [-0.3, -0.25) is 10.0 Å². The van der Waals surface area contributed by atoms with Crippen LogP contribution in [0.3, 0.4) is 0 Å². The highest BCUT2D eigenvalue weighted by molar-refractivity contribution is 7.89. The summed E-state index contributed by atoms with van der Waals surface area (Å²) in [5.41, 5.74) is 3.89. The smallest absolute Gasteiger partial charge is 0.270 e. The number of rotatable bonds is 5. The molecule has 0 spiro atoms. The van der Waals surface area contributed by atoms with E-state index in [0.717, 1.165) is 31.7 Å². The van der Waals surface area contributed by atoms with Gasteiger partial charge >= 0.3 is 0 Å². The second-order valence-electron chi connectivity index (χ2n) is 8.26. The van der Waals surface area contributed by atoms with Crippen LogP contribution in [0, 0.1) is 5.82 Å². The SMILES string of the molecule is CN1CCN(c2ccc(-c3ccc(S(=O)(=O)N4CC=C(C(=O)NO)CC4)cc3)cc2F)CC1. The summed E-state index contributed by atoms with van der Waals surface area (Å²) >= 11 is 0. The highest BCUT2D eigenvalue weighted by atomic mass is 32.2. The van der Waals surface area contributed by atoms with Crippen molar-refractivity contribution in [2.45, 2.75) is 11.3 Å². The molecule has 2 aromatic carbocycles. The zero-order valence-electron chi connectivity index (χ0n) is 18.4. The van der Waals surface area contributed by atoms with Crippen molar-refractivity contribution < 1.29 is 22.8 Å². The molecule has 2 aliphatic rings. The van der Waals surface area contributed by atoms with Gasteiger partial charge in [0.1, 0.15) is 5.82 Å². The van der Waals surface area contributed by atoms with Gasteiger partial charge in [-0.25, -0.2) is 18.3 Å². The number of likely N-dealkylation sites (N-methyl/N-ethyl adjacent to an activating group) is 1. The van der Waals surface area contributed by atoms with Gasteiger partial charge in [-0.15, -0.1) is 0 Å². The number of halogens is 1. The van der Waals surface area contributed by atoms with Crippen LogP contribution in [0.1, 0.15) is 6.42 Å². The average Bonchev–Trinajstić information content (AvgIpc) is 2.84. The van der Waals surface area contributed by atoms with E-state index in [-0.39, 0.29) is 30.2 Å². The Labute approximate surface area is 192 Å². The predicted molar refractivity (Wildman–Crippen MR) is 123 cm³/mol. The number of nitrogens with one attached hydrogen (secondary N) is 1. The minimum absolute atomic E-state index is 0.0474. The summed E-state index contributed by atoms with van der Waals surface area (Å²) in [7, 11) is -1.69. The molecule has 33 heavy (non-hydrogen) atoms. The van der Waals surface area contributed by atoms with Crippen molar-refractivity contribution in [1.29, 1.82) is 0 Å². The van der Waals surface area contributed by atoms with Crippen LogP contribution in [0.25, 0.3) is 11.1 Å². The molecule has 10 heteroatoms. The van der Waals surface area contributed by atoms with Crippen molar-refractivity contribution in [3.8, 4) is 11.1 Å². The number of hydrogen-bond acceptors (Lipinski definition) is 6. The molecule has 0 atom stereocenters. The molecule has 0 bridgehead atoms. The van der Waals surface area contributed by atoms with Crippen LogP contribution < -0.4 is 10.4 Å². The maximum Gasteiger partial charge on any atom is 0.270 e. The predicted octanol–water partition coefficient (Wildman–Crippen LogP) is 2.07. The van der Waals surface area contributed by atoms with E-state index in [9.17, 15) is 17.6 Å². The molecule has 0 saturated carbocycles. The van der Waals surface area contributed by atoms with Gasteiger partial charge in [-0.2, -0.15) is 4.31 Å². The van der Waals surface area contributed by atoms with Crippen LogP contribution in [0.2, 0.25) is 0 Å². The topological polar surface area (TPSA) is 93.2 Å². The van der Waals surface area contributed by atoms with E-state index in [0.29, 0.717) is 16.8 Å². The van der Waals surface area contributed by atoms with E-state index in [2.05, 4.69) is 11.9 Å². The first-order chi connectivity index (χ1) is 15.8. The highest BCUT2D eigenvalue weighted by Gasteiger charge is 2.27. The molecule has 1 amide bonds. The van der Waals surface area contributed by atoms with Crippen molar-refractivity contribution >= 4 is 21.6 Å². The molecule has 2 heterocycles. The number of hydrogen-bond donors (Lipinski definition) is 2. The second kappa shape index (κ2) is 9.60. The summed E-state index contributed by atoms with van der Waals surface area (Å²) in [5, 5.41) is 8.72. The third kappa shape index (κ3) is 4.93. The molecule has 0 aromatic heterocycles.